The molecule has 0 fully saturated rings. The molecule has 0 saturated heterocycles. The Morgan fingerprint density at radius 1 is 0.872 bits per heavy atom. The summed E-state index contributed by atoms with van der Waals surface area (Å²) in [4.78, 5) is 24.2. The van der Waals surface area contributed by atoms with Gasteiger partial charge in [0, 0.05) is 66.9 Å². The lowest BCUT2D eigenvalue weighted by atomic mass is 9.81. The molecule has 11 heteroatoms. The Kier molecular flexibility index (Phi) is 11.1. The zero-order valence-corrected chi connectivity index (χ0v) is 28.6. The lowest BCUT2D eigenvalue weighted by Gasteiger charge is -2.27. The van der Waals surface area contributed by atoms with Crippen molar-refractivity contribution in [1.82, 2.24) is 0 Å². The Balaban J connectivity index is 1.71. The minimum absolute atomic E-state index is 0.116. The summed E-state index contributed by atoms with van der Waals surface area (Å²) in [5.74, 6) is -1.60. The van der Waals surface area contributed by atoms with Crippen LogP contribution in [0.1, 0.15) is 95.8 Å². The van der Waals surface area contributed by atoms with Gasteiger partial charge in [-0.15, -0.1) is 0 Å². The van der Waals surface area contributed by atoms with Gasteiger partial charge in [-0.25, -0.2) is 0 Å². The van der Waals surface area contributed by atoms with Crippen LogP contribution in [0.25, 0.3) is 0 Å². The quantitative estimate of drug-likeness (QED) is 0.0916. The van der Waals surface area contributed by atoms with Gasteiger partial charge in [-0.1, -0.05) is 38.5 Å². The van der Waals surface area contributed by atoms with E-state index in [1.54, 1.807) is 12.1 Å². The fourth-order valence-electron chi connectivity index (χ4n) is 6.82. The average molecular weight is 667 g/mol. The first-order chi connectivity index (χ1) is 22.1. The van der Waals surface area contributed by atoms with Gasteiger partial charge in [-0.3, -0.25) is 14.1 Å². The second-order valence-electron chi connectivity index (χ2n) is 13.5. The van der Waals surface area contributed by atoms with Crippen LogP contribution >= 0.6 is 0 Å². The molecule has 10 nitrogen and oxygen atoms in total. The van der Waals surface area contributed by atoms with Crippen LogP contribution in [0.2, 0.25) is 0 Å². The third-order valence-corrected chi connectivity index (χ3v) is 10.3. The van der Waals surface area contributed by atoms with Crippen LogP contribution in [0.3, 0.4) is 0 Å². The molecule has 4 rings (SSSR count). The highest BCUT2D eigenvalue weighted by molar-refractivity contribution is 7.85. The summed E-state index contributed by atoms with van der Waals surface area (Å²) in [7, 11) is -4.39. The normalized spacial score (nSPS) is 17.5. The minimum atomic E-state index is -4.39. The maximum Gasteiger partial charge on any atom is 0.303 e. The van der Waals surface area contributed by atoms with Crippen LogP contribution in [0.4, 0.5) is 11.4 Å². The fourth-order valence-corrected chi connectivity index (χ4v) is 7.33. The summed E-state index contributed by atoms with van der Waals surface area (Å²) >= 11 is 0. The van der Waals surface area contributed by atoms with Crippen LogP contribution in [-0.2, 0) is 37.1 Å². The van der Waals surface area contributed by atoms with Gasteiger partial charge in [-0.05, 0) is 74.9 Å². The molecule has 47 heavy (non-hydrogen) atoms. The molecule has 254 valence electrons. The Bertz CT molecular complexity index is 1720. The SMILES string of the molecule is CC1(C)C(/C=C/C=C2/N(CCCCCC(=O)O)c3ccc(CN)cc3C2(C)C)=[N+](CCCCCC(=O)O)c2ccc(S(=O)(=O)O)cc21. The van der Waals surface area contributed by atoms with Crippen molar-refractivity contribution in [3.8, 4) is 0 Å². The summed E-state index contributed by atoms with van der Waals surface area (Å²) in [6.45, 7) is 10.3. The van der Waals surface area contributed by atoms with Crippen LogP contribution in [0, 0.1) is 0 Å². The van der Waals surface area contributed by atoms with E-state index >= 15 is 0 Å². The second kappa shape index (κ2) is 14.5. The van der Waals surface area contributed by atoms with E-state index in [-0.39, 0.29) is 23.2 Å². The molecular formula is C36H48N3O7S+. The zero-order valence-electron chi connectivity index (χ0n) is 27.8. The lowest BCUT2D eigenvalue weighted by Crippen LogP contribution is -2.28. The van der Waals surface area contributed by atoms with Crippen LogP contribution < -0.4 is 10.6 Å². The second-order valence-corrected chi connectivity index (χ2v) is 14.9. The number of carboxylic acid groups (broad SMARTS) is 2. The van der Waals surface area contributed by atoms with Gasteiger partial charge >= 0.3 is 11.9 Å². The number of allylic oxidation sites excluding steroid dienone is 4. The molecule has 5 N–H and O–H groups in total. The maximum atomic E-state index is 12.0. The van der Waals surface area contributed by atoms with Crippen molar-refractivity contribution >= 4 is 39.1 Å². The first-order valence-corrected chi connectivity index (χ1v) is 17.7. The summed E-state index contributed by atoms with van der Waals surface area (Å²) in [5, 5.41) is 18.1. The number of carbonyl (C=O) groups is 2. The van der Waals surface area contributed by atoms with Gasteiger partial charge in [-0.2, -0.15) is 13.0 Å². The number of unbranched alkanes of at least 4 members (excludes halogenated alkanes) is 4. The third-order valence-electron chi connectivity index (χ3n) is 9.41. The van der Waals surface area contributed by atoms with Crippen LogP contribution in [-0.4, -0.2) is 58.5 Å². The number of rotatable bonds is 16. The summed E-state index contributed by atoms with van der Waals surface area (Å²) in [6.07, 6.45) is 10.8. The van der Waals surface area contributed by atoms with Crippen molar-refractivity contribution in [3.63, 3.8) is 0 Å². The molecule has 0 bridgehead atoms. The first kappa shape index (κ1) is 36.0. The Labute approximate surface area is 278 Å². The van der Waals surface area contributed by atoms with Crippen molar-refractivity contribution in [2.24, 2.45) is 5.73 Å². The number of anilines is 1. The molecule has 2 aliphatic rings. The molecule has 0 atom stereocenters. The molecule has 2 aliphatic heterocycles. The van der Waals surface area contributed by atoms with E-state index in [0.29, 0.717) is 25.9 Å². The minimum Gasteiger partial charge on any atom is -0.481 e. The summed E-state index contributed by atoms with van der Waals surface area (Å²) < 4.78 is 36.0. The van der Waals surface area contributed by atoms with Crippen molar-refractivity contribution in [3.05, 3.63) is 77.0 Å². The van der Waals surface area contributed by atoms with Gasteiger partial charge in [0.1, 0.15) is 6.54 Å². The molecule has 0 aromatic heterocycles. The largest absolute Gasteiger partial charge is 0.481 e. The van der Waals surface area contributed by atoms with E-state index in [1.165, 1.54) is 11.6 Å². The van der Waals surface area contributed by atoms with Gasteiger partial charge < -0.3 is 20.8 Å². The van der Waals surface area contributed by atoms with E-state index in [9.17, 15) is 22.6 Å². The molecule has 0 spiro atoms. The number of nitrogens with two attached hydrogens (primary N) is 1. The number of hydrogen-bond acceptors (Lipinski definition) is 6. The number of fused-ring (bicyclic) bond motifs is 2. The number of aliphatic carboxylic acids is 2. The van der Waals surface area contributed by atoms with Crippen molar-refractivity contribution in [1.29, 1.82) is 0 Å². The highest BCUT2D eigenvalue weighted by Crippen LogP contribution is 2.48. The number of benzene rings is 2. The van der Waals surface area contributed by atoms with Crippen LogP contribution in [0.15, 0.2) is 65.2 Å². The monoisotopic (exact) mass is 666 g/mol. The standard InChI is InChI=1S/C36H47N3O7S/c1-35(2)27-22-25(24-37)16-18-29(27)38(20-9-5-7-14-33(40)41)31(35)12-11-13-32-36(3,4)28-23-26(47(44,45)46)17-19-30(28)39(32)21-10-6-8-15-34(42)43/h11-13,16-19,22-23H,5-10,14-15,20-21,24,37H2,1-4H3,(H2-,40,41,42,43,44,45,46)/p+1. The van der Waals surface area contributed by atoms with Crippen LogP contribution in [0.5, 0.6) is 0 Å². The molecule has 2 aromatic carbocycles. The van der Waals surface area contributed by atoms with E-state index < -0.39 is 27.5 Å². The Morgan fingerprint density at radius 3 is 2.15 bits per heavy atom. The highest BCUT2D eigenvalue weighted by atomic mass is 32.2. The number of carboxylic acids is 2. The average Bonchev–Trinajstić information content (AvgIpc) is 3.34. The van der Waals surface area contributed by atoms with E-state index in [1.807, 2.05) is 19.9 Å². The number of hydrogen-bond donors (Lipinski definition) is 4. The fraction of sp³-hybridized carbons (Fsp3) is 0.472. The van der Waals surface area contributed by atoms with E-state index in [0.717, 1.165) is 66.1 Å². The molecule has 2 aromatic rings. The number of nitrogens with zero attached hydrogens (tertiary/aromatic N) is 2. The van der Waals surface area contributed by atoms with Gasteiger partial charge in [0.05, 0.1) is 10.3 Å². The van der Waals surface area contributed by atoms with Crippen molar-refractivity contribution in [2.45, 2.75) is 101 Å². The predicted octanol–water partition coefficient (Wildman–Crippen LogP) is 6.30. The predicted molar refractivity (Wildman–Crippen MR) is 183 cm³/mol. The molecule has 0 amide bonds. The Morgan fingerprint density at radius 2 is 1.53 bits per heavy atom. The molecule has 2 heterocycles. The van der Waals surface area contributed by atoms with E-state index in [4.69, 9.17) is 15.9 Å². The lowest BCUT2D eigenvalue weighted by molar-refractivity contribution is -0.438. The maximum absolute atomic E-state index is 12.0. The van der Waals surface area contributed by atoms with Gasteiger partial charge in [0.2, 0.25) is 5.69 Å². The molecule has 0 aliphatic carbocycles. The highest BCUT2D eigenvalue weighted by Gasteiger charge is 2.45. The zero-order chi connectivity index (χ0) is 34.6. The van der Waals surface area contributed by atoms with Crippen molar-refractivity contribution in [2.75, 3.05) is 18.0 Å². The third kappa shape index (κ3) is 8.02. The van der Waals surface area contributed by atoms with Gasteiger partial charge in [0.25, 0.3) is 10.1 Å². The molecule has 0 radical (unpaired) electrons. The Hall–Kier alpha value is -3.80. The smallest absolute Gasteiger partial charge is 0.303 e. The molecule has 0 saturated carbocycles. The van der Waals surface area contributed by atoms with Crippen molar-refractivity contribution < 1.29 is 37.3 Å². The molecule has 0 unspecified atom stereocenters. The van der Waals surface area contributed by atoms with Gasteiger partial charge in [0.15, 0.2) is 5.71 Å². The summed E-state index contributed by atoms with van der Waals surface area (Å²) in [5.41, 5.74) is 12.2. The topological polar surface area (TPSA) is 161 Å². The van der Waals surface area contributed by atoms with E-state index in [2.05, 4.69) is 53.7 Å². The summed E-state index contributed by atoms with van der Waals surface area (Å²) in [6, 6.07) is 11.0. The first-order valence-electron chi connectivity index (χ1n) is 16.3. The molecular weight excluding hydrogens is 618 g/mol.